The normalized spacial score (nSPS) is 14.2. The van der Waals surface area contributed by atoms with Crippen LogP contribution >= 0.6 is 0 Å². The Kier molecular flexibility index (Phi) is 3.42. The topological polar surface area (TPSA) is 79.6 Å². The number of aromatic carboxylic acids is 1. The van der Waals surface area contributed by atoms with E-state index in [-0.39, 0.29) is 18.0 Å². The van der Waals surface area contributed by atoms with Gasteiger partial charge in [-0.15, -0.1) is 0 Å². The van der Waals surface area contributed by atoms with E-state index in [1.165, 1.54) is 16.8 Å². The van der Waals surface area contributed by atoms with Gasteiger partial charge in [0.1, 0.15) is 12.1 Å². The van der Waals surface area contributed by atoms with Crippen LogP contribution in [0.15, 0.2) is 17.1 Å². The monoisotopic (exact) mass is 264 g/mol. The first kappa shape index (κ1) is 13.3. The molecule has 0 aliphatic heterocycles. The van der Waals surface area contributed by atoms with Crippen LogP contribution in [0.1, 0.15) is 28.9 Å². The first-order valence-corrected chi connectivity index (χ1v) is 6.10. The number of amides is 1. The third-order valence-corrected chi connectivity index (χ3v) is 3.37. The van der Waals surface area contributed by atoms with E-state index in [1.807, 2.05) is 0 Å². The number of pyridine rings is 1. The molecule has 1 aromatic heterocycles. The van der Waals surface area contributed by atoms with Crippen LogP contribution in [0.3, 0.4) is 0 Å². The molecule has 1 N–H and O–H groups in total. The van der Waals surface area contributed by atoms with Crippen molar-refractivity contribution in [3.8, 4) is 0 Å². The van der Waals surface area contributed by atoms with Gasteiger partial charge in [0.25, 0.3) is 0 Å². The minimum Gasteiger partial charge on any atom is -0.477 e. The number of carboxylic acids is 1. The first-order valence-electron chi connectivity index (χ1n) is 6.10. The summed E-state index contributed by atoms with van der Waals surface area (Å²) in [4.78, 5) is 36.1. The van der Waals surface area contributed by atoms with Gasteiger partial charge in [-0.3, -0.25) is 9.59 Å². The van der Waals surface area contributed by atoms with Crippen molar-refractivity contribution in [1.82, 2.24) is 9.47 Å². The van der Waals surface area contributed by atoms with E-state index in [9.17, 15) is 14.4 Å². The molecule has 1 amide bonds. The van der Waals surface area contributed by atoms with Gasteiger partial charge in [0.15, 0.2) is 5.43 Å². The number of rotatable bonds is 4. The summed E-state index contributed by atoms with van der Waals surface area (Å²) in [7, 11) is 1.75. The minimum atomic E-state index is -1.28. The zero-order valence-corrected chi connectivity index (χ0v) is 10.9. The third kappa shape index (κ3) is 2.83. The van der Waals surface area contributed by atoms with Gasteiger partial charge in [0, 0.05) is 31.0 Å². The third-order valence-electron chi connectivity index (χ3n) is 3.37. The summed E-state index contributed by atoms with van der Waals surface area (Å²) in [6, 6.07) is 1.56. The Balaban J connectivity index is 2.24. The largest absolute Gasteiger partial charge is 0.477 e. The molecule has 1 aliphatic rings. The lowest BCUT2D eigenvalue weighted by molar-refractivity contribution is -0.131. The predicted octanol–water partition coefficient (Wildman–Crippen LogP) is 0.476. The van der Waals surface area contributed by atoms with Crippen LogP contribution in [0.2, 0.25) is 0 Å². The van der Waals surface area contributed by atoms with Crippen LogP contribution in [-0.2, 0) is 11.3 Å². The van der Waals surface area contributed by atoms with Crippen LogP contribution in [0, 0.1) is 6.92 Å². The fraction of sp³-hybridized carbons (Fsp3) is 0.462. The number of likely N-dealkylation sites (N-methyl/N-ethyl adjacent to an activating group) is 1. The summed E-state index contributed by atoms with van der Waals surface area (Å²) in [5.41, 5.74) is -0.274. The average molecular weight is 264 g/mol. The van der Waals surface area contributed by atoms with E-state index < -0.39 is 11.4 Å². The molecule has 1 heterocycles. The first-order chi connectivity index (χ1) is 8.90. The number of hydrogen-bond donors (Lipinski definition) is 1. The van der Waals surface area contributed by atoms with Crippen molar-refractivity contribution in [2.24, 2.45) is 0 Å². The number of hydrogen-bond acceptors (Lipinski definition) is 3. The van der Waals surface area contributed by atoms with Gasteiger partial charge >= 0.3 is 5.97 Å². The van der Waals surface area contributed by atoms with Gasteiger partial charge in [-0.1, -0.05) is 0 Å². The highest BCUT2D eigenvalue weighted by molar-refractivity contribution is 5.87. The van der Waals surface area contributed by atoms with Crippen molar-refractivity contribution in [2.45, 2.75) is 32.4 Å². The van der Waals surface area contributed by atoms with Gasteiger partial charge in [-0.05, 0) is 19.8 Å². The molecule has 0 bridgehead atoms. The van der Waals surface area contributed by atoms with E-state index in [0.29, 0.717) is 11.7 Å². The molecule has 1 aromatic rings. The highest BCUT2D eigenvalue weighted by Gasteiger charge is 2.29. The highest BCUT2D eigenvalue weighted by atomic mass is 16.4. The number of carbonyl (C=O) groups excluding carboxylic acids is 1. The van der Waals surface area contributed by atoms with Crippen molar-refractivity contribution in [1.29, 1.82) is 0 Å². The number of carbonyl (C=O) groups is 2. The van der Waals surface area contributed by atoms with E-state index in [1.54, 1.807) is 18.9 Å². The van der Waals surface area contributed by atoms with Crippen molar-refractivity contribution >= 4 is 11.9 Å². The molecular weight excluding hydrogens is 248 g/mol. The Morgan fingerprint density at radius 1 is 1.47 bits per heavy atom. The van der Waals surface area contributed by atoms with Crippen molar-refractivity contribution in [3.05, 3.63) is 33.7 Å². The molecule has 0 atom stereocenters. The molecule has 102 valence electrons. The molecule has 1 aliphatic carbocycles. The van der Waals surface area contributed by atoms with Gasteiger partial charge in [-0.2, -0.15) is 0 Å². The van der Waals surface area contributed by atoms with Crippen LogP contribution in [0.5, 0.6) is 0 Å². The van der Waals surface area contributed by atoms with E-state index in [2.05, 4.69) is 0 Å². The molecule has 1 fully saturated rings. The summed E-state index contributed by atoms with van der Waals surface area (Å²) >= 11 is 0. The van der Waals surface area contributed by atoms with Gasteiger partial charge in [-0.25, -0.2) is 4.79 Å². The average Bonchev–Trinajstić information content (AvgIpc) is 3.15. The van der Waals surface area contributed by atoms with Gasteiger partial charge in [0.2, 0.25) is 5.91 Å². The lowest BCUT2D eigenvalue weighted by Crippen LogP contribution is -2.33. The summed E-state index contributed by atoms with van der Waals surface area (Å²) in [6.07, 6.45) is 3.27. The lowest BCUT2D eigenvalue weighted by Gasteiger charge is -2.18. The Morgan fingerprint density at radius 2 is 2.11 bits per heavy atom. The smallest absolute Gasteiger partial charge is 0.341 e. The highest BCUT2D eigenvalue weighted by Crippen LogP contribution is 2.25. The van der Waals surface area contributed by atoms with E-state index in [0.717, 1.165) is 12.8 Å². The zero-order valence-electron chi connectivity index (χ0n) is 10.9. The molecule has 1 saturated carbocycles. The molecule has 0 spiro atoms. The van der Waals surface area contributed by atoms with Crippen molar-refractivity contribution in [3.63, 3.8) is 0 Å². The summed E-state index contributed by atoms with van der Waals surface area (Å²) in [6.45, 7) is 1.73. The summed E-state index contributed by atoms with van der Waals surface area (Å²) < 4.78 is 1.51. The molecule has 0 unspecified atom stereocenters. The quantitative estimate of drug-likeness (QED) is 0.857. The van der Waals surface area contributed by atoms with Crippen molar-refractivity contribution < 1.29 is 14.7 Å². The second-order valence-corrected chi connectivity index (χ2v) is 4.86. The maximum Gasteiger partial charge on any atom is 0.341 e. The van der Waals surface area contributed by atoms with Gasteiger partial charge < -0.3 is 14.6 Å². The van der Waals surface area contributed by atoms with Gasteiger partial charge in [0.05, 0.1) is 0 Å². The molecule has 0 aromatic carbocycles. The predicted molar refractivity (Wildman–Crippen MR) is 68.2 cm³/mol. The fourth-order valence-corrected chi connectivity index (χ4v) is 1.93. The Bertz CT molecular complexity index is 587. The minimum absolute atomic E-state index is 0.0550. The molecule has 0 radical (unpaired) electrons. The Hall–Kier alpha value is -2.11. The molecular formula is C13H16N2O4. The fourth-order valence-electron chi connectivity index (χ4n) is 1.93. The van der Waals surface area contributed by atoms with Crippen LogP contribution in [0.25, 0.3) is 0 Å². The van der Waals surface area contributed by atoms with Crippen LogP contribution in [0.4, 0.5) is 0 Å². The molecule has 6 heteroatoms. The lowest BCUT2D eigenvalue weighted by atomic mass is 10.2. The molecule has 6 nitrogen and oxygen atoms in total. The zero-order chi connectivity index (χ0) is 14.2. The van der Waals surface area contributed by atoms with Crippen LogP contribution < -0.4 is 5.43 Å². The summed E-state index contributed by atoms with van der Waals surface area (Å²) in [5.74, 6) is -1.35. The Labute approximate surface area is 110 Å². The maximum atomic E-state index is 12.0. The van der Waals surface area contributed by atoms with E-state index in [4.69, 9.17) is 5.11 Å². The molecule has 0 saturated heterocycles. The number of aromatic nitrogens is 1. The summed E-state index contributed by atoms with van der Waals surface area (Å²) in [5, 5.41) is 8.91. The molecule has 19 heavy (non-hydrogen) atoms. The van der Waals surface area contributed by atoms with Crippen molar-refractivity contribution in [2.75, 3.05) is 7.05 Å². The second kappa shape index (κ2) is 4.87. The number of carboxylic acid groups (broad SMARTS) is 1. The standard InChI is InChI=1S/C13H16N2O4/c1-8-5-11(16)10(13(18)19)6-15(8)7-12(17)14(2)9-3-4-9/h5-6,9H,3-4,7H2,1-2H3,(H,18,19). The van der Waals surface area contributed by atoms with E-state index >= 15 is 0 Å². The number of aryl methyl sites for hydroxylation is 1. The SMILES string of the molecule is Cc1cc(=O)c(C(=O)O)cn1CC(=O)N(C)C1CC1. The van der Waals surface area contributed by atoms with Crippen LogP contribution in [-0.4, -0.2) is 39.5 Å². The Morgan fingerprint density at radius 3 is 2.63 bits per heavy atom. The molecule has 2 rings (SSSR count). The second-order valence-electron chi connectivity index (χ2n) is 4.86. The number of nitrogens with zero attached hydrogens (tertiary/aromatic N) is 2. The maximum absolute atomic E-state index is 12.0.